The minimum absolute atomic E-state index is 0.212. The number of aryl methyl sites for hydroxylation is 1. The number of hydrogen-bond acceptors (Lipinski definition) is 4. The van der Waals surface area contributed by atoms with Crippen molar-refractivity contribution in [3.05, 3.63) is 41.3 Å². The van der Waals surface area contributed by atoms with Gasteiger partial charge in [0.2, 0.25) is 0 Å². The van der Waals surface area contributed by atoms with Gasteiger partial charge in [0.1, 0.15) is 5.60 Å². The van der Waals surface area contributed by atoms with Crippen molar-refractivity contribution in [2.75, 3.05) is 31.1 Å². The Morgan fingerprint density at radius 2 is 1.64 bits per heavy atom. The van der Waals surface area contributed by atoms with Gasteiger partial charge in [-0.2, -0.15) is 0 Å². The highest BCUT2D eigenvalue weighted by Gasteiger charge is 2.25. The van der Waals surface area contributed by atoms with E-state index in [0.29, 0.717) is 13.1 Å². The van der Waals surface area contributed by atoms with Crippen LogP contribution < -0.4 is 4.90 Å². The largest absolute Gasteiger partial charge is 0.444 e. The van der Waals surface area contributed by atoms with Crippen LogP contribution in [0.5, 0.6) is 0 Å². The number of amides is 1. The van der Waals surface area contributed by atoms with Crippen molar-refractivity contribution < 1.29 is 9.53 Å². The number of thiophene rings is 1. The predicted molar refractivity (Wildman–Crippen MR) is 105 cm³/mol. The van der Waals surface area contributed by atoms with Gasteiger partial charge in [0, 0.05) is 41.6 Å². The highest BCUT2D eigenvalue weighted by molar-refractivity contribution is 7.15. The van der Waals surface area contributed by atoms with Crippen LogP contribution in [0.1, 0.15) is 25.6 Å². The first-order chi connectivity index (χ1) is 11.8. The molecular formula is C20H26N2O2S. The summed E-state index contributed by atoms with van der Waals surface area (Å²) in [5, 5.41) is 0. The fourth-order valence-corrected chi connectivity index (χ4v) is 3.77. The SMILES string of the molecule is Cc1ccc(-c2ccc(N3CCN(C(=O)OC(C)(C)C)CC3)cc2)s1. The van der Waals surface area contributed by atoms with E-state index in [1.807, 2.05) is 32.1 Å². The Balaban J connectivity index is 1.59. The van der Waals surface area contributed by atoms with Crippen LogP contribution in [0, 0.1) is 6.92 Å². The van der Waals surface area contributed by atoms with E-state index in [-0.39, 0.29) is 6.09 Å². The van der Waals surface area contributed by atoms with Crippen LogP contribution in [0.15, 0.2) is 36.4 Å². The number of carbonyl (C=O) groups excluding carboxylic acids is 1. The Labute approximate surface area is 154 Å². The second-order valence-electron chi connectivity index (χ2n) is 7.41. The summed E-state index contributed by atoms with van der Waals surface area (Å²) in [7, 11) is 0. The third kappa shape index (κ3) is 4.54. The van der Waals surface area contributed by atoms with E-state index in [4.69, 9.17) is 4.74 Å². The topological polar surface area (TPSA) is 32.8 Å². The highest BCUT2D eigenvalue weighted by atomic mass is 32.1. The second kappa shape index (κ2) is 7.08. The third-order valence-electron chi connectivity index (χ3n) is 4.19. The van der Waals surface area contributed by atoms with Crippen molar-refractivity contribution in [2.24, 2.45) is 0 Å². The zero-order chi connectivity index (χ0) is 18.0. The predicted octanol–water partition coefficient (Wildman–Crippen LogP) is 4.78. The molecule has 3 rings (SSSR count). The normalized spacial score (nSPS) is 15.4. The summed E-state index contributed by atoms with van der Waals surface area (Å²) in [6, 6.07) is 13.0. The number of nitrogens with zero attached hydrogens (tertiary/aromatic N) is 2. The van der Waals surface area contributed by atoms with Gasteiger partial charge in [0.25, 0.3) is 0 Å². The lowest BCUT2D eigenvalue weighted by Crippen LogP contribution is -2.50. The maximum absolute atomic E-state index is 12.1. The molecule has 1 fully saturated rings. The van der Waals surface area contributed by atoms with E-state index in [9.17, 15) is 4.79 Å². The first-order valence-electron chi connectivity index (χ1n) is 8.71. The molecule has 1 aliphatic rings. The minimum Gasteiger partial charge on any atom is -0.444 e. The van der Waals surface area contributed by atoms with Crippen LogP contribution in [-0.4, -0.2) is 42.8 Å². The fourth-order valence-electron chi connectivity index (χ4n) is 2.90. The average Bonchev–Trinajstić information content (AvgIpc) is 3.00. The van der Waals surface area contributed by atoms with E-state index >= 15 is 0 Å². The molecule has 0 spiro atoms. The number of piperazine rings is 1. The molecule has 1 aromatic carbocycles. The minimum atomic E-state index is -0.440. The molecule has 5 heteroatoms. The molecule has 0 unspecified atom stereocenters. The maximum atomic E-state index is 12.1. The molecule has 134 valence electrons. The number of carbonyl (C=O) groups is 1. The van der Waals surface area contributed by atoms with Crippen LogP contribution >= 0.6 is 11.3 Å². The van der Waals surface area contributed by atoms with Crippen LogP contribution in [0.3, 0.4) is 0 Å². The zero-order valence-electron chi connectivity index (χ0n) is 15.4. The van der Waals surface area contributed by atoms with Gasteiger partial charge in [0.15, 0.2) is 0 Å². The molecule has 25 heavy (non-hydrogen) atoms. The van der Waals surface area contributed by atoms with Gasteiger partial charge in [-0.05, 0) is 57.5 Å². The molecule has 2 heterocycles. The van der Waals surface area contributed by atoms with Crippen molar-refractivity contribution in [1.82, 2.24) is 4.90 Å². The van der Waals surface area contributed by atoms with Crippen LogP contribution in [0.4, 0.5) is 10.5 Å². The standard InChI is InChI=1S/C20H26N2O2S/c1-15-5-10-18(25-15)16-6-8-17(9-7-16)21-11-13-22(14-12-21)19(23)24-20(2,3)4/h5-10H,11-14H2,1-4H3. The van der Waals surface area contributed by atoms with Gasteiger partial charge < -0.3 is 14.5 Å². The summed E-state index contributed by atoms with van der Waals surface area (Å²) in [5.41, 5.74) is 2.03. The third-order valence-corrected chi connectivity index (χ3v) is 5.24. The summed E-state index contributed by atoms with van der Waals surface area (Å²) < 4.78 is 5.45. The Bertz CT molecular complexity index is 723. The highest BCUT2D eigenvalue weighted by Crippen LogP contribution is 2.29. The quantitative estimate of drug-likeness (QED) is 0.774. The van der Waals surface area contributed by atoms with E-state index in [1.165, 1.54) is 21.0 Å². The van der Waals surface area contributed by atoms with Gasteiger partial charge in [-0.3, -0.25) is 0 Å². The zero-order valence-corrected chi connectivity index (χ0v) is 16.2. The van der Waals surface area contributed by atoms with Crippen molar-refractivity contribution in [1.29, 1.82) is 0 Å². The summed E-state index contributed by atoms with van der Waals surface area (Å²) in [4.78, 5) is 18.9. The van der Waals surface area contributed by atoms with E-state index < -0.39 is 5.60 Å². The van der Waals surface area contributed by atoms with E-state index in [0.717, 1.165) is 13.1 Å². The maximum Gasteiger partial charge on any atom is 0.410 e. The van der Waals surface area contributed by atoms with Crippen LogP contribution in [0.2, 0.25) is 0 Å². The molecule has 0 saturated carbocycles. The number of hydrogen-bond donors (Lipinski definition) is 0. The molecule has 0 bridgehead atoms. The lowest BCUT2D eigenvalue weighted by molar-refractivity contribution is 0.0240. The molecule has 1 saturated heterocycles. The van der Waals surface area contributed by atoms with E-state index in [2.05, 4.69) is 48.2 Å². The van der Waals surface area contributed by atoms with Gasteiger partial charge in [0.05, 0.1) is 0 Å². The lowest BCUT2D eigenvalue weighted by Gasteiger charge is -2.36. The Hall–Kier alpha value is -2.01. The van der Waals surface area contributed by atoms with E-state index in [1.54, 1.807) is 4.90 Å². The van der Waals surface area contributed by atoms with Crippen molar-refractivity contribution in [3.63, 3.8) is 0 Å². The first kappa shape index (κ1) is 17.8. The van der Waals surface area contributed by atoms with Crippen molar-refractivity contribution >= 4 is 23.1 Å². The van der Waals surface area contributed by atoms with Gasteiger partial charge >= 0.3 is 6.09 Å². The number of ether oxygens (including phenoxy) is 1. The summed E-state index contributed by atoms with van der Waals surface area (Å²) in [6.07, 6.45) is -0.212. The van der Waals surface area contributed by atoms with Crippen molar-refractivity contribution in [2.45, 2.75) is 33.3 Å². The molecule has 1 aliphatic heterocycles. The molecular weight excluding hydrogens is 332 g/mol. The first-order valence-corrected chi connectivity index (χ1v) is 9.53. The molecule has 2 aromatic rings. The van der Waals surface area contributed by atoms with Crippen LogP contribution in [0.25, 0.3) is 10.4 Å². The molecule has 1 amide bonds. The van der Waals surface area contributed by atoms with Crippen LogP contribution in [-0.2, 0) is 4.74 Å². The number of rotatable bonds is 2. The molecule has 0 radical (unpaired) electrons. The average molecular weight is 359 g/mol. The second-order valence-corrected chi connectivity index (χ2v) is 8.70. The Kier molecular flexibility index (Phi) is 5.04. The molecule has 0 N–H and O–H groups in total. The Morgan fingerprint density at radius 3 is 2.16 bits per heavy atom. The fraction of sp³-hybridized carbons (Fsp3) is 0.450. The smallest absolute Gasteiger partial charge is 0.410 e. The van der Waals surface area contributed by atoms with Gasteiger partial charge in [-0.25, -0.2) is 4.79 Å². The number of anilines is 1. The molecule has 0 atom stereocenters. The summed E-state index contributed by atoms with van der Waals surface area (Å²) in [5.74, 6) is 0. The molecule has 4 nitrogen and oxygen atoms in total. The summed E-state index contributed by atoms with van der Waals surface area (Å²) in [6.45, 7) is 10.9. The monoisotopic (exact) mass is 358 g/mol. The van der Waals surface area contributed by atoms with Gasteiger partial charge in [-0.1, -0.05) is 12.1 Å². The molecule has 0 aliphatic carbocycles. The Morgan fingerprint density at radius 1 is 1.00 bits per heavy atom. The lowest BCUT2D eigenvalue weighted by atomic mass is 10.1. The summed E-state index contributed by atoms with van der Waals surface area (Å²) >= 11 is 1.82. The van der Waals surface area contributed by atoms with Gasteiger partial charge in [-0.15, -0.1) is 11.3 Å². The number of benzene rings is 1. The van der Waals surface area contributed by atoms with Crippen molar-refractivity contribution in [3.8, 4) is 10.4 Å². The molecule has 1 aromatic heterocycles.